The lowest BCUT2D eigenvalue weighted by Crippen LogP contribution is -2.56. The number of likely N-dealkylation sites (tertiary alicyclic amines) is 1. The number of amides is 2. The molecule has 0 unspecified atom stereocenters. The Labute approximate surface area is 143 Å². The SMILES string of the molecule is Cc1nnc(CNC(=O)C2CN(C(=O)COc3ccccc3F)C2)o1. The van der Waals surface area contributed by atoms with E-state index in [0.717, 1.165) is 0 Å². The van der Waals surface area contributed by atoms with Gasteiger partial charge in [-0.15, -0.1) is 10.2 Å². The highest BCUT2D eigenvalue weighted by Crippen LogP contribution is 2.18. The molecule has 1 N–H and O–H groups in total. The zero-order valence-corrected chi connectivity index (χ0v) is 13.6. The summed E-state index contributed by atoms with van der Waals surface area (Å²) in [5.74, 6) is -0.500. The summed E-state index contributed by atoms with van der Waals surface area (Å²) in [4.78, 5) is 25.4. The second-order valence-corrected chi connectivity index (χ2v) is 5.65. The van der Waals surface area contributed by atoms with Crippen LogP contribution in [-0.2, 0) is 16.1 Å². The van der Waals surface area contributed by atoms with Crippen molar-refractivity contribution in [3.05, 3.63) is 41.9 Å². The van der Waals surface area contributed by atoms with Crippen LogP contribution in [0.3, 0.4) is 0 Å². The summed E-state index contributed by atoms with van der Waals surface area (Å²) in [7, 11) is 0. The van der Waals surface area contributed by atoms with Gasteiger partial charge in [0, 0.05) is 20.0 Å². The minimum absolute atomic E-state index is 0.0283. The molecule has 1 aromatic heterocycles. The Bertz CT molecular complexity index is 773. The molecule has 1 aliphatic rings. The fourth-order valence-corrected chi connectivity index (χ4v) is 2.36. The van der Waals surface area contributed by atoms with Crippen molar-refractivity contribution in [1.29, 1.82) is 0 Å². The first-order valence-corrected chi connectivity index (χ1v) is 7.74. The van der Waals surface area contributed by atoms with Gasteiger partial charge >= 0.3 is 0 Å². The fourth-order valence-electron chi connectivity index (χ4n) is 2.36. The monoisotopic (exact) mass is 348 g/mol. The summed E-state index contributed by atoms with van der Waals surface area (Å²) in [5.41, 5.74) is 0. The Morgan fingerprint density at radius 1 is 1.36 bits per heavy atom. The van der Waals surface area contributed by atoms with Crippen LogP contribution in [0.2, 0.25) is 0 Å². The molecule has 0 spiro atoms. The second kappa shape index (κ2) is 7.29. The Morgan fingerprint density at radius 3 is 2.80 bits per heavy atom. The summed E-state index contributed by atoms with van der Waals surface area (Å²) < 4.78 is 23.7. The van der Waals surface area contributed by atoms with Gasteiger partial charge in [0.15, 0.2) is 18.2 Å². The number of aryl methyl sites for hydroxylation is 1. The highest BCUT2D eigenvalue weighted by molar-refractivity contribution is 5.85. The average Bonchev–Trinajstić information content (AvgIpc) is 2.96. The van der Waals surface area contributed by atoms with Crippen molar-refractivity contribution in [2.24, 2.45) is 5.92 Å². The third-order valence-electron chi connectivity index (χ3n) is 3.77. The molecule has 0 saturated carbocycles. The number of carbonyl (C=O) groups is 2. The van der Waals surface area contributed by atoms with Gasteiger partial charge in [-0.05, 0) is 12.1 Å². The molecule has 0 atom stereocenters. The molecule has 1 aliphatic heterocycles. The van der Waals surface area contributed by atoms with Crippen molar-refractivity contribution in [2.75, 3.05) is 19.7 Å². The van der Waals surface area contributed by atoms with Gasteiger partial charge in [-0.25, -0.2) is 4.39 Å². The maximum atomic E-state index is 13.4. The Hall–Kier alpha value is -2.97. The molecule has 0 bridgehead atoms. The van der Waals surface area contributed by atoms with Crippen LogP contribution < -0.4 is 10.1 Å². The molecule has 8 nitrogen and oxygen atoms in total. The molecule has 1 fully saturated rings. The molecule has 3 rings (SSSR count). The first kappa shape index (κ1) is 16.9. The van der Waals surface area contributed by atoms with Crippen molar-refractivity contribution in [2.45, 2.75) is 13.5 Å². The first-order chi connectivity index (χ1) is 12.0. The van der Waals surface area contributed by atoms with E-state index in [2.05, 4.69) is 15.5 Å². The van der Waals surface area contributed by atoms with E-state index in [9.17, 15) is 14.0 Å². The molecule has 2 aromatic rings. The summed E-state index contributed by atoms with van der Waals surface area (Å²) in [6.45, 7) is 2.15. The summed E-state index contributed by atoms with van der Waals surface area (Å²) in [6.07, 6.45) is 0. The largest absolute Gasteiger partial charge is 0.481 e. The van der Waals surface area contributed by atoms with E-state index >= 15 is 0 Å². The number of benzene rings is 1. The average molecular weight is 348 g/mol. The van der Waals surface area contributed by atoms with Crippen molar-refractivity contribution in [3.8, 4) is 5.75 Å². The maximum Gasteiger partial charge on any atom is 0.260 e. The van der Waals surface area contributed by atoms with E-state index < -0.39 is 5.82 Å². The van der Waals surface area contributed by atoms with Crippen molar-refractivity contribution in [1.82, 2.24) is 20.4 Å². The second-order valence-electron chi connectivity index (χ2n) is 5.65. The van der Waals surface area contributed by atoms with Gasteiger partial charge in [0.05, 0.1) is 12.5 Å². The molecule has 2 heterocycles. The number of halogens is 1. The van der Waals surface area contributed by atoms with E-state index in [-0.39, 0.29) is 36.6 Å². The first-order valence-electron chi connectivity index (χ1n) is 7.74. The van der Waals surface area contributed by atoms with Crippen molar-refractivity contribution >= 4 is 11.8 Å². The number of ether oxygens (including phenoxy) is 1. The molecule has 9 heteroatoms. The van der Waals surface area contributed by atoms with Gasteiger partial charge in [-0.2, -0.15) is 0 Å². The minimum atomic E-state index is -0.521. The molecule has 1 aromatic carbocycles. The van der Waals surface area contributed by atoms with E-state index in [1.54, 1.807) is 13.0 Å². The standard InChI is InChI=1S/C16H17FN4O4/c1-10-19-20-14(25-10)6-18-16(23)11-7-21(8-11)15(22)9-24-13-5-3-2-4-12(13)17/h2-5,11H,6-9H2,1H3,(H,18,23). The lowest BCUT2D eigenvalue weighted by atomic mass is 9.99. The molecule has 0 aliphatic carbocycles. The lowest BCUT2D eigenvalue weighted by molar-refractivity contribution is -0.144. The highest BCUT2D eigenvalue weighted by atomic mass is 19.1. The summed E-state index contributed by atoms with van der Waals surface area (Å²) >= 11 is 0. The smallest absolute Gasteiger partial charge is 0.260 e. The van der Waals surface area contributed by atoms with Gasteiger partial charge in [0.1, 0.15) is 0 Å². The third kappa shape index (κ3) is 4.11. The summed E-state index contributed by atoms with van der Waals surface area (Å²) in [6, 6.07) is 5.87. The Kier molecular flexibility index (Phi) is 4.92. The van der Waals surface area contributed by atoms with Crippen LogP contribution in [0.1, 0.15) is 11.8 Å². The minimum Gasteiger partial charge on any atom is -0.481 e. The van der Waals surface area contributed by atoms with Crippen molar-refractivity contribution in [3.63, 3.8) is 0 Å². The van der Waals surface area contributed by atoms with E-state index in [1.807, 2.05) is 0 Å². The molecule has 0 radical (unpaired) electrons. The fraction of sp³-hybridized carbons (Fsp3) is 0.375. The molecule has 132 valence electrons. The molecule has 1 saturated heterocycles. The Balaban J connectivity index is 1.38. The zero-order chi connectivity index (χ0) is 17.8. The molecule has 25 heavy (non-hydrogen) atoms. The van der Waals surface area contributed by atoms with E-state index in [1.165, 1.54) is 23.1 Å². The van der Waals surface area contributed by atoms with Gasteiger partial charge in [0.2, 0.25) is 17.7 Å². The van der Waals surface area contributed by atoms with Gasteiger partial charge in [0.25, 0.3) is 5.91 Å². The number of aromatic nitrogens is 2. The predicted octanol–water partition coefficient (Wildman–Crippen LogP) is 0.671. The van der Waals surface area contributed by atoms with Crippen LogP contribution >= 0.6 is 0 Å². The number of para-hydroxylation sites is 1. The number of carbonyl (C=O) groups excluding carboxylic acids is 2. The van der Waals surface area contributed by atoms with Crippen LogP contribution in [0.25, 0.3) is 0 Å². The highest BCUT2D eigenvalue weighted by Gasteiger charge is 2.35. The van der Waals surface area contributed by atoms with Crippen LogP contribution in [0.5, 0.6) is 5.75 Å². The Morgan fingerprint density at radius 2 is 2.12 bits per heavy atom. The maximum absolute atomic E-state index is 13.4. The van der Waals surface area contributed by atoms with Crippen LogP contribution in [0.15, 0.2) is 28.7 Å². The van der Waals surface area contributed by atoms with Gasteiger partial charge in [-0.3, -0.25) is 9.59 Å². The summed E-state index contributed by atoms with van der Waals surface area (Å²) in [5, 5.41) is 10.1. The quantitative estimate of drug-likeness (QED) is 0.824. The van der Waals surface area contributed by atoms with Crippen LogP contribution in [-0.4, -0.2) is 46.6 Å². The van der Waals surface area contributed by atoms with E-state index in [4.69, 9.17) is 9.15 Å². The normalized spacial score (nSPS) is 14.1. The third-order valence-corrected chi connectivity index (χ3v) is 3.77. The van der Waals surface area contributed by atoms with Gasteiger partial charge in [-0.1, -0.05) is 12.1 Å². The van der Waals surface area contributed by atoms with Crippen molar-refractivity contribution < 1.29 is 23.1 Å². The zero-order valence-electron chi connectivity index (χ0n) is 13.6. The number of nitrogens with one attached hydrogen (secondary N) is 1. The number of hydrogen-bond donors (Lipinski definition) is 1. The predicted molar refractivity (Wildman–Crippen MR) is 82.8 cm³/mol. The molecular weight excluding hydrogens is 331 g/mol. The molecule has 2 amide bonds. The van der Waals surface area contributed by atoms with Crippen LogP contribution in [0, 0.1) is 18.7 Å². The van der Waals surface area contributed by atoms with Crippen LogP contribution in [0.4, 0.5) is 4.39 Å². The van der Waals surface area contributed by atoms with E-state index in [0.29, 0.717) is 24.9 Å². The lowest BCUT2D eigenvalue weighted by Gasteiger charge is -2.38. The number of rotatable bonds is 6. The number of hydrogen-bond acceptors (Lipinski definition) is 6. The topological polar surface area (TPSA) is 97.6 Å². The number of nitrogens with zero attached hydrogens (tertiary/aromatic N) is 3. The molecular formula is C16H17FN4O4. The van der Waals surface area contributed by atoms with Gasteiger partial charge < -0.3 is 19.4 Å².